The fraction of sp³-hybridized carbons (Fsp3) is 0.0476. The van der Waals surface area contributed by atoms with Gasteiger partial charge in [0.15, 0.2) is 5.69 Å². The first-order chi connectivity index (χ1) is 14.9. The molecule has 0 fully saturated rings. The SMILES string of the molecule is Cc1cc(=O)[nH]c(-c2cccc(NC(=O)c3ccn(-c4ccc([N+](=O)[O-])cc4)n3)c2)n1. The molecular weight excluding hydrogens is 400 g/mol. The van der Waals surface area contributed by atoms with Crippen molar-refractivity contribution in [2.45, 2.75) is 6.92 Å². The molecule has 2 heterocycles. The van der Waals surface area contributed by atoms with Crippen LogP contribution in [-0.2, 0) is 0 Å². The van der Waals surface area contributed by atoms with Crippen LogP contribution >= 0.6 is 0 Å². The Labute approximate surface area is 175 Å². The normalized spacial score (nSPS) is 10.6. The van der Waals surface area contributed by atoms with Crippen molar-refractivity contribution < 1.29 is 9.72 Å². The van der Waals surface area contributed by atoms with Gasteiger partial charge >= 0.3 is 0 Å². The Morgan fingerprint density at radius 2 is 1.90 bits per heavy atom. The number of benzene rings is 2. The van der Waals surface area contributed by atoms with Gasteiger partial charge in [0.1, 0.15) is 5.82 Å². The molecule has 0 saturated carbocycles. The van der Waals surface area contributed by atoms with Gasteiger partial charge in [0.2, 0.25) is 0 Å². The lowest BCUT2D eigenvalue weighted by atomic mass is 10.2. The quantitative estimate of drug-likeness (QED) is 0.379. The van der Waals surface area contributed by atoms with Crippen LogP contribution in [0.2, 0.25) is 0 Å². The van der Waals surface area contributed by atoms with Crippen LogP contribution in [0.1, 0.15) is 16.2 Å². The average Bonchev–Trinajstić information content (AvgIpc) is 3.24. The van der Waals surface area contributed by atoms with Crippen molar-refractivity contribution in [3.05, 3.63) is 98.7 Å². The molecule has 0 atom stereocenters. The number of non-ortho nitro benzene ring substituents is 1. The lowest BCUT2D eigenvalue weighted by molar-refractivity contribution is -0.384. The van der Waals surface area contributed by atoms with E-state index in [9.17, 15) is 19.7 Å². The van der Waals surface area contributed by atoms with E-state index in [2.05, 4.69) is 20.4 Å². The first kappa shape index (κ1) is 19.7. The summed E-state index contributed by atoms with van der Waals surface area (Å²) in [7, 11) is 0. The molecule has 0 aliphatic rings. The molecule has 10 nitrogen and oxygen atoms in total. The van der Waals surface area contributed by atoms with Gasteiger partial charge in [0.05, 0.1) is 10.6 Å². The summed E-state index contributed by atoms with van der Waals surface area (Å²) >= 11 is 0. The summed E-state index contributed by atoms with van der Waals surface area (Å²) in [5.74, 6) is -0.0212. The molecule has 0 unspecified atom stereocenters. The fourth-order valence-electron chi connectivity index (χ4n) is 2.97. The van der Waals surface area contributed by atoms with Gasteiger partial charge in [-0.3, -0.25) is 19.7 Å². The maximum Gasteiger partial charge on any atom is 0.276 e. The first-order valence-electron chi connectivity index (χ1n) is 9.19. The largest absolute Gasteiger partial charge is 0.321 e. The van der Waals surface area contributed by atoms with Gasteiger partial charge in [-0.25, -0.2) is 9.67 Å². The van der Waals surface area contributed by atoms with Crippen LogP contribution in [0.4, 0.5) is 11.4 Å². The van der Waals surface area contributed by atoms with Crippen molar-refractivity contribution in [1.29, 1.82) is 0 Å². The Balaban J connectivity index is 1.53. The van der Waals surface area contributed by atoms with Crippen LogP contribution in [0, 0.1) is 17.0 Å². The number of anilines is 1. The van der Waals surface area contributed by atoms with Crippen LogP contribution in [0.3, 0.4) is 0 Å². The van der Waals surface area contributed by atoms with E-state index < -0.39 is 10.8 Å². The van der Waals surface area contributed by atoms with Gasteiger partial charge < -0.3 is 10.3 Å². The van der Waals surface area contributed by atoms with Crippen molar-refractivity contribution in [2.24, 2.45) is 0 Å². The molecule has 2 aromatic heterocycles. The Kier molecular flexibility index (Phi) is 5.10. The van der Waals surface area contributed by atoms with Crippen LogP contribution in [0.15, 0.2) is 71.7 Å². The third-order valence-electron chi connectivity index (χ3n) is 4.41. The molecule has 0 radical (unpaired) electrons. The number of hydrogen-bond acceptors (Lipinski definition) is 6. The summed E-state index contributed by atoms with van der Waals surface area (Å²) in [5.41, 5.74) is 2.22. The number of hydrogen-bond donors (Lipinski definition) is 2. The van der Waals surface area contributed by atoms with Crippen molar-refractivity contribution >= 4 is 17.3 Å². The third kappa shape index (κ3) is 4.37. The first-order valence-corrected chi connectivity index (χ1v) is 9.19. The highest BCUT2D eigenvalue weighted by Gasteiger charge is 2.12. The van der Waals surface area contributed by atoms with Crippen LogP contribution in [0.25, 0.3) is 17.1 Å². The second-order valence-corrected chi connectivity index (χ2v) is 6.69. The molecule has 10 heteroatoms. The smallest absolute Gasteiger partial charge is 0.276 e. The molecule has 0 aliphatic heterocycles. The highest BCUT2D eigenvalue weighted by molar-refractivity contribution is 6.03. The van der Waals surface area contributed by atoms with Crippen LogP contribution < -0.4 is 10.9 Å². The lowest BCUT2D eigenvalue weighted by Gasteiger charge is -2.07. The summed E-state index contributed by atoms with van der Waals surface area (Å²) in [6.45, 7) is 1.73. The summed E-state index contributed by atoms with van der Waals surface area (Å²) in [4.78, 5) is 41.6. The minimum atomic E-state index is -0.484. The summed E-state index contributed by atoms with van der Waals surface area (Å²) in [6, 6.07) is 15.7. The number of nitrogens with one attached hydrogen (secondary N) is 2. The number of aromatic nitrogens is 4. The van der Waals surface area contributed by atoms with Crippen molar-refractivity contribution in [3.8, 4) is 17.1 Å². The van der Waals surface area contributed by atoms with Gasteiger partial charge in [0.25, 0.3) is 17.2 Å². The maximum atomic E-state index is 12.6. The Morgan fingerprint density at radius 3 is 2.61 bits per heavy atom. The van der Waals surface area contributed by atoms with E-state index in [0.29, 0.717) is 28.5 Å². The second-order valence-electron chi connectivity index (χ2n) is 6.69. The highest BCUT2D eigenvalue weighted by Crippen LogP contribution is 2.20. The van der Waals surface area contributed by atoms with E-state index in [1.807, 2.05) is 0 Å². The molecule has 154 valence electrons. The van der Waals surface area contributed by atoms with E-state index in [1.54, 1.807) is 55.6 Å². The Morgan fingerprint density at radius 1 is 1.13 bits per heavy atom. The predicted octanol–water partition coefficient (Wildman–Crippen LogP) is 3.09. The standard InChI is InChI=1S/C21H16N6O4/c1-13-11-19(28)24-20(22-13)14-3-2-4-15(12-14)23-21(29)18-9-10-26(25-18)16-5-7-17(8-6-16)27(30)31/h2-12H,1H3,(H,23,29)(H,22,24,28). The number of aryl methyl sites for hydroxylation is 1. The zero-order valence-corrected chi connectivity index (χ0v) is 16.3. The average molecular weight is 416 g/mol. The summed E-state index contributed by atoms with van der Waals surface area (Å²) in [5, 5.41) is 17.8. The molecular formula is C21H16N6O4. The van der Waals surface area contributed by atoms with Crippen LogP contribution in [0.5, 0.6) is 0 Å². The van der Waals surface area contributed by atoms with Crippen molar-refractivity contribution in [3.63, 3.8) is 0 Å². The molecule has 2 aromatic carbocycles. The van der Waals surface area contributed by atoms with E-state index in [0.717, 1.165) is 0 Å². The van der Waals surface area contributed by atoms with E-state index in [-0.39, 0.29) is 16.9 Å². The maximum absolute atomic E-state index is 12.6. The molecule has 0 aliphatic carbocycles. The number of amides is 1. The van der Waals surface area contributed by atoms with E-state index >= 15 is 0 Å². The molecule has 0 spiro atoms. The number of aromatic amines is 1. The molecule has 31 heavy (non-hydrogen) atoms. The van der Waals surface area contributed by atoms with E-state index in [1.165, 1.54) is 22.9 Å². The number of nitro groups is 1. The lowest BCUT2D eigenvalue weighted by Crippen LogP contribution is -2.13. The van der Waals surface area contributed by atoms with Gasteiger partial charge in [-0.2, -0.15) is 5.10 Å². The molecule has 0 bridgehead atoms. The molecule has 4 aromatic rings. The molecule has 0 saturated heterocycles. The topological polar surface area (TPSA) is 136 Å². The zero-order chi connectivity index (χ0) is 22.0. The summed E-state index contributed by atoms with van der Waals surface area (Å²) < 4.78 is 1.45. The number of carbonyl (C=O) groups excluding carboxylic acids is 1. The number of H-pyrrole nitrogens is 1. The minimum Gasteiger partial charge on any atom is -0.321 e. The molecule has 2 N–H and O–H groups in total. The van der Waals surface area contributed by atoms with E-state index in [4.69, 9.17) is 0 Å². The van der Waals surface area contributed by atoms with Gasteiger partial charge in [-0.1, -0.05) is 12.1 Å². The number of nitrogens with zero attached hydrogens (tertiary/aromatic N) is 4. The number of rotatable bonds is 5. The van der Waals surface area contributed by atoms with Crippen molar-refractivity contribution in [1.82, 2.24) is 19.7 Å². The third-order valence-corrected chi connectivity index (χ3v) is 4.41. The fourth-order valence-corrected chi connectivity index (χ4v) is 2.97. The second kappa shape index (κ2) is 8.03. The Bertz CT molecular complexity index is 1340. The van der Waals surface area contributed by atoms with Gasteiger partial charge in [0, 0.05) is 41.3 Å². The number of carbonyl (C=O) groups is 1. The molecule has 4 rings (SSSR count). The van der Waals surface area contributed by atoms with Gasteiger partial charge in [-0.05, 0) is 37.3 Å². The summed E-state index contributed by atoms with van der Waals surface area (Å²) in [6.07, 6.45) is 1.59. The minimum absolute atomic E-state index is 0.0294. The number of nitro benzene ring substituents is 1. The molecule has 1 amide bonds. The monoisotopic (exact) mass is 416 g/mol. The predicted molar refractivity (Wildman–Crippen MR) is 113 cm³/mol. The Hall–Kier alpha value is -4.60. The zero-order valence-electron chi connectivity index (χ0n) is 16.3. The van der Waals surface area contributed by atoms with Gasteiger partial charge in [-0.15, -0.1) is 0 Å². The van der Waals surface area contributed by atoms with Crippen LogP contribution in [-0.4, -0.2) is 30.6 Å². The van der Waals surface area contributed by atoms with Crippen molar-refractivity contribution in [2.75, 3.05) is 5.32 Å². The highest BCUT2D eigenvalue weighted by atomic mass is 16.6.